The lowest BCUT2D eigenvalue weighted by Gasteiger charge is -2.14. The van der Waals surface area contributed by atoms with Crippen molar-refractivity contribution in [2.45, 2.75) is 10.4 Å². The Balaban J connectivity index is 2.42. The molecule has 3 aromatic rings. The summed E-state index contributed by atoms with van der Waals surface area (Å²) in [5.74, 6) is -2.32. The SMILES string of the molecule is O=c1c2c(O)cc(O)c(S(=O)(=O)C(F)(F)F)c2ccn1-c1ccc(O)cc1. The van der Waals surface area contributed by atoms with Crippen LogP contribution >= 0.6 is 0 Å². The zero-order valence-corrected chi connectivity index (χ0v) is 13.9. The van der Waals surface area contributed by atoms with Crippen LogP contribution in [-0.4, -0.2) is 33.8 Å². The minimum absolute atomic E-state index is 0.0982. The Bertz CT molecular complexity index is 1210. The first-order valence-electron chi connectivity index (χ1n) is 7.16. The van der Waals surface area contributed by atoms with Crippen LogP contribution in [0, 0.1) is 0 Å². The standard InChI is InChI=1S/C16H10F3NO6S/c17-16(18,19)27(25,26)14-10-5-6-20(8-1-3-9(21)4-2-8)15(24)13(10)11(22)7-12(14)23/h1-7,21-23H. The van der Waals surface area contributed by atoms with Crippen LogP contribution in [0.5, 0.6) is 17.2 Å². The highest BCUT2D eigenvalue weighted by Crippen LogP contribution is 2.41. The van der Waals surface area contributed by atoms with E-state index in [1.54, 1.807) is 0 Å². The first-order chi connectivity index (χ1) is 12.4. The minimum atomic E-state index is -5.99. The second kappa shape index (κ2) is 5.91. The van der Waals surface area contributed by atoms with E-state index in [2.05, 4.69) is 0 Å². The number of fused-ring (bicyclic) bond motifs is 1. The summed E-state index contributed by atoms with van der Waals surface area (Å²) in [4.78, 5) is 11.1. The lowest BCUT2D eigenvalue weighted by molar-refractivity contribution is -0.0436. The van der Waals surface area contributed by atoms with Gasteiger partial charge < -0.3 is 15.3 Å². The summed E-state index contributed by atoms with van der Waals surface area (Å²) in [5, 5.41) is 27.5. The van der Waals surface area contributed by atoms with Crippen molar-refractivity contribution in [3.05, 3.63) is 52.9 Å². The van der Waals surface area contributed by atoms with Gasteiger partial charge in [-0.1, -0.05) is 0 Å². The smallest absolute Gasteiger partial charge is 0.502 e. The quantitative estimate of drug-likeness (QED) is 0.607. The van der Waals surface area contributed by atoms with Crippen LogP contribution in [0.1, 0.15) is 0 Å². The number of phenols is 3. The third kappa shape index (κ3) is 2.85. The highest BCUT2D eigenvalue weighted by atomic mass is 32.2. The Morgan fingerprint density at radius 2 is 1.52 bits per heavy atom. The molecule has 27 heavy (non-hydrogen) atoms. The molecule has 0 aliphatic rings. The van der Waals surface area contributed by atoms with Crippen molar-refractivity contribution in [3.8, 4) is 22.9 Å². The number of benzene rings is 2. The molecule has 0 amide bonds. The number of sulfone groups is 1. The van der Waals surface area contributed by atoms with Gasteiger partial charge in [-0.2, -0.15) is 13.2 Å². The van der Waals surface area contributed by atoms with Crippen LogP contribution in [-0.2, 0) is 9.84 Å². The van der Waals surface area contributed by atoms with Gasteiger partial charge in [0.15, 0.2) is 0 Å². The molecular formula is C16H10F3NO6S. The van der Waals surface area contributed by atoms with E-state index in [-0.39, 0.29) is 11.4 Å². The van der Waals surface area contributed by atoms with Crippen molar-refractivity contribution in [3.63, 3.8) is 0 Å². The van der Waals surface area contributed by atoms with Gasteiger partial charge in [-0.3, -0.25) is 9.36 Å². The highest BCUT2D eigenvalue weighted by molar-refractivity contribution is 7.92. The van der Waals surface area contributed by atoms with Crippen molar-refractivity contribution in [1.82, 2.24) is 4.57 Å². The molecule has 3 N–H and O–H groups in total. The molecule has 0 saturated carbocycles. The van der Waals surface area contributed by atoms with Gasteiger partial charge in [0.2, 0.25) is 0 Å². The number of hydrogen-bond acceptors (Lipinski definition) is 6. The van der Waals surface area contributed by atoms with Crippen molar-refractivity contribution in [1.29, 1.82) is 0 Å². The number of aromatic nitrogens is 1. The number of alkyl halides is 3. The summed E-state index contributed by atoms with van der Waals surface area (Å²) < 4.78 is 63.4. The van der Waals surface area contributed by atoms with Crippen LogP contribution in [0.2, 0.25) is 0 Å². The van der Waals surface area contributed by atoms with Crippen LogP contribution in [0.25, 0.3) is 16.5 Å². The van der Waals surface area contributed by atoms with Gasteiger partial charge in [-0.25, -0.2) is 8.42 Å². The van der Waals surface area contributed by atoms with E-state index in [0.29, 0.717) is 6.07 Å². The lowest BCUT2D eigenvalue weighted by Crippen LogP contribution is -2.25. The van der Waals surface area contributed by atoms with Gasteiger partial charge in [0.1, 0.15) is 22.1 Å². The first kappa shape index (κ1) is 18.6. The van der Waals surface area contributed by atoms with Crippen LogP contribution in [0.15, 0.2) is 52.3 Å². The molecule has 2 aromatic carbocycles. The Kier molecular flexibility index (Phi) is 4.07. The number of aromatic hydroxyl groups is 3. The number of rotatable bonds is 2. The first-order valence-corrected chi connectivity index (χ1v) is 8.64. The van der Waals surface area contributed by atoms with E-state index in [4.69, 9.17) is 0 Å². The van der Waals surface area contributed by atoms with E-state index in [1.165, 1.54) is 24.3 Å². The Hall–Kier alpha value is -3.21. The van der Waals surface area contributed by atoms with Gasteiger partial charge in [0.25, 0.3) is 15.4 Å². The maximum atomic E-state index is 12.9. The predicted molar refractivity (Wildman–Crippen MR) is 87.8 cm³/mol. The molecule has 0 fully saturated rings. The van der Waals surface area contributed by atoms with E-state index in [0.717, 1.165) is 16.8 Å². The normalized spacial score (nSPS) is 12.4. The van der Waals surface area contributed by atoms with Crippen LogP contribution in [0.4, 0.5) is 13.2 Å². The van der Waals surface area contributed by atoms with Gasteiger partial charge in [-0.15, -0.1) is 0 Å². The number of pyridine rings is 1. The predicted octanol–water partition coefficient (Wildman–Crippen LogP) is 2.40. The van der Waals surface area contributed by atoms with E-state index < -0.39 is 48.1 Å². The monoisotopic (exact) mass is 401 g/mol. The molecule has 11 heteroatoms. The Labute approximate surface area is 149 Å². The molecule has 7 nitrogen and oxygen atoms in total. The average molecular weight is 401 g/mol. The molecule has 0 aliphatic heterocycles. The van der Waals surface area contributed by atoms with E-state index in [9.17, 15) is 41.7 Å². The van der Waals surface area contributed by atoms with Gasteiger partial charge in [0, 0.05) is 23.3 Å². The number of phenolic OH excluding ortho intramolecular Hbond substituents is 3. The molecule has 1 heterocycles. The molecule has 0 unspecified atom stereocenters. The number of nitrogens with zero attached hydrogens (tertiary/aromatic N) is 1. The molecule has 0 atom stereocenters. The average Bonchev–Trinajstić information content (AvgIpc) is 2.54. The fourth-order valence-corrected chi connectivity index (χ4v) is 3.62. The lowest BCUT2D eigenvalue weighted by atomic mass is 10.1. The molecule has 0 spiro atoms. The maximum absolute atomic E-state index is 12.9. The summed E-state index contributed by atoms with van der Waals surface area (Å²) in [7, 11) is -5.99. The van der Waals surface area contributed by atoms with Crippen LogP contribution < -0.4 is 5.56 Å². The maximum Gasteiger partial charge on any atom is 0.502 e. The summed E-state index contributed by atoms with van der Waals surface area (Å²) in [5.41, 5.74) is -6.54. The fraction of sp³-hybridized carbons (Fsp3) is 0.0625. The third-order valence-electron chi connectivity index (χ3n) is 3.80. The second-order valence-corrected chi connectivity index (χ2v) is 7.37. The third-order valence-corrected chi connectivity index (χ3v) is 5.38. The summed E-state index contributed by atoms with van der Waals surface area (Å²) in [6, 6.07) is 6.39. The van der Waals surface area contributed by atoms with Gasteiger partial charge in [0.05, 0.1) is 5.39 Å². The Morgan fingerprint density at radius 1 is 0.926 bits per heavy atom. The zero-order valence-electron chi connectivity index (χ0n) is 13.1. The molecule has 0 radical (unpaired) electrons. The largest absolute Gasteiger partial charge is 0.508 e. The molecular weight excluding hydrogens is 391 g/mol. The van der Waals surface area contributed by atoms with Crippen molar-refractivity contribution >= 4 is 20.6 Å². The zero-order chi connectivity index (χ0) is 20.1. The molecule has 0 bridgehead atoms. The minimum Gasteiger partial charge on any atom is -0.508 e. The Morgan fingerprint density at radius 3 is 2.07 bits per heavy atom. The summed E-state index contributed by atoms with van der Waals surface area (Å²) >= 11 is 0. The van der Waals surface area contributed by atoms with E-state index >= 15 is 0 Å². The highest BCUT2D eigenvalue weighted by Gasteiger charge is 2.49. The molecule has 1 aromatic heterocycles. The summed E-state index contributed by atoms with van der Waals surface area (Å²) in [6.45, 7) is 0. The van der Waals surface area contributed by atoms with E-state index in [1.807, 2.05) is 0 Å². The molecule has 0 saturated heterocycles. The molecule has 0 aliphatic carbocycles. The van der Waals surface area contributed by atoms with Crippen molar-refractivity contribution in [2.75, 3.05) is 0 Å². The van der Waals surface area contributed by atoms with Crippen molar-refractivity contribution < 1.29 is 36.9 Å². The number of hydrogen-bond donors (Lipinski definition) is 3. The van der Waals surface area contributed by atoms with Crippen molar-refractivity contribution in [2.24, 2.45) is 0 Å². The topological polar surface area (TPSA) is 117 Å². The summed E-state index contributed by atoms with van der Waals surface area (Å²) in [6.07, 6.45) is 0.991. The second-order valence-electron chi connectivity index (χ2n) is 5.49. The fourth-order valence-electron chi connectivity index (χ4n) is 2.59. The molecule has 142 valence electrons. The van der Waals surface area contributed by atoms with Crippen LogP contribution in [0.3, 0.4) is 0 Å². The van der Waals surface area contributed by atoms with Gasteiger partial charge >= 0.3 is 5.51 Å². The molecule has 3 rings (SSSR count). The number of halogens is 3. The van der Waals surface area contributed by atoms with Gasteiger partial charge in [-0.05, 0) is 30.3 Å².